The summed E-state index contributed by atoms with van der Waals surface area (Å²) in [5.74, 6) is 0.393. The van der Waals surface area contributed by atoms with Gasteiger partial charge in [0.1, 0.15) is 11.4 Å². The third-order valence-corrected chi connectivity index (χ3v) is 2.45. The fraction of sp³-hybridized carbons (Fsp3) is 0.0909. The summed E-state index contributed by atoms with van der Waals surface area (Å²) >= 11 is 5.93. The van der Waals surface area contributed by atoms with E-state index < -0.39 is 0 Å². The van der Waals surface area contributed by atoms with Gasteiger partial charge in [-0.25, -0.2) is 0 Å². The topological polar surface area (TPSA) is 55.0 Å². The number of aromatic nitrogens is 2. The zero-order valence-corrected chi connectivity index (χ0v) is 9.28. The van der Waals surface area contributed by atoms with Gasteiger partial charge < -0.3 is 4.74 Å². The number of H-pyrrole nitrogens is 1. The molecule has 2 rings (SSSR count). The van der Waals surface area contributed by atoms with E-state index >= 15 is 0 Å². The number of nitrogens with one attached hydrogen (secondary N) is 1. The van der Waals surface area contributed by atoms with Crippen LogP contribution in [-0.4, -0.2) is 23.1 Å². The van der Waals surface area contributed by atoms with E-state index in [4.69, 9.17) is 16.3 Å². The molecule has 4 nitrogen and oxygen atoms in total. The Kier molecular flexibility index (Phi) is 2.92. The molecule has 1 N–H and O–H groups in total. The predicted octanol–water partition coefficient (Wildman–Crippen LogP) is 2.30. The third-order valence-electron chi connectivity index (χ3n) is 2.16. The van der Waals surface area contributed by atoms with Crippen LogP contribution in [0.15, 0.2) is 30.5 Å². The summed E-state index contributed by atoms with van der Waals surface area (Å²) in [5.41, 5.74) is 0.927. The van der Waals surface area contributed by atoms with E-state index in [0.29, 0.717) is 22.0 Å². The predicted molar refractivity (Wildman–Crippen MR) is 60.0 cm³/mol. The van der Waals surface area contributed by atoms with Gasteiger partial charge in [-0.15, -0.1) is 0 Å². The maximum Gasteiger partial charge on any atom is 0.210 e. The van der Waals surface area contributed by atoms with Gasteiger partial charge in [-0.05, 0) is 24.3 Å². The van der Waals surface area contributed by atoms with Crippen molar-refractivity contribution in [1.29, 1.82) is 0 Å². The van der Waals surface area contributed by atoms with Crippen molar-refractivity contribution < 1.29 is 9.53 Å². The zero-order chi connectivity index (χ0) is 11.5. The first kappa shape index (κ1) is 10.7. The van der Waals surface area contributed by atoms with Crippen LogP contribution in [0.2, 0.25) is 5.02 Å². The highest BCUT2D eigenvalue weighted by molar-refractivity contribution is 6.32. The molecule has 1 heterocycles. The number of nitrogens with zero attached hydrogens (tertiary/aromatic N) is 1. The van der Waals surface area contributed by atoms with E-state index in [2.05, 4.69) is 10.2 Å². The molecule has 0 saturated heterocycles. The van der Waals surface area contributed by atoms with Crippen LogP contribution in [0.25, 0.3) is 0 Å². The van der Waals surface area contributed by atoms with Crippen LogP contribution < -0.4 is 4.74 Å². The Morgan fingerprint density at radius 3 is 2.81 bits per heavy atom. The second-order valence-electron chi connectivity index (χ2n) is 3.15. The van der Waals surface area contributed by atoms with Crippen LogP contribution in [0.5, 0.6) is 5.75 Å². The van der Waals surface area contributed by atoms with E-state index in [0.717, 1.165) is 0 Å². The molecule has 0 amide bonds. The standard InChI is InChI=1S/C11H9ClN2O2/c1-16-10-3-2-7(6-8(10)12)11(15)9-4-5-13-14-9/h2-6H,1H3,(H,13,14). The van der Waals surface area contributed by atoms with Gasteiger partial charge >= 0.3 is 0 Å². The molecule has 0 atom stereocenters. The molecule has 5 heteroatoms. The van der Waals surface area contributed by atoms with Crippen molar-refractivity contribution >= 4 is 17.4 Å². The van der Waals surface area contributed by atoms with Crippen LogP contribution in [0.4, 0.5) is 0 Å². The molecule has 0 saturated carbocycles. The maximum absolute atomic E-state index is 11.9. The number of carbonyl (C=O) groups is 1. The van der Waals surface area contributed by atoms with Gasteiger partial charge in [0, 0.05) is 11.8 Å². The van der Waals surface area contributed by atoms with E-state index in [-0.39, 0.29) is 5.78 Å². The second kappa shape index (κ2) is 4.37. The number of halogens is 1. The number of ether oxygens (including phenoxy) is 1. The van der Waals surface area contributed by atoms with Gasteiger partial charge in [0.25, 0.3) is 0 Å². The molecule has 0 aliphatic rings. The highest BCUT2D eigenvalue weighted by atomic mass is 35.5. The minimum atomic E-state index is -0.151. The summed E-state index contributed by atoms with van der Waals surface area (Å²) in [6.45, 7) is 0. The minimum absolute atomic E-state index is 0.151. The van der Waals surface area contributed by atoms with Crippen molar-refractivity contribution in [2.75, 3.05) is 7.11 Å². The summed E-state index contributed by atoms with van der Waals surface area (Å²) < 4.78 is 5.01. The fourth-order valence-electron chi connectivity index (χ4n) is 1.35. The molecule has 0 unspecified atom stereocenters. The van der Waals surface area contributed by atoms with Gasteiger partial charge in [0.05, 0.1) is 12.1 Å². The third kappa shape index (κ3) is 1.92. The number of ketones is 1. The Bertz CT molecular complexity index is 509. The molecule has 1 aromatic heterocycles. The molecule has 82 valence electrons. The number of hydrogen-bond acceptors (Lipinski definition) is 3. The van der Waals surface area contributed by atoms with E-state index in [1.165, 1.54) is 13.3 Å². The molecule has 0 spiro atoms. The minimum Gasteiger partial charge on any atom is -0.495 e. The Balaban J connectivity index is 2.35. The van der Waals surface area contributed by atoms with Gasteiger partial charge in [0.2, 0.25) is 5.78 Å². The summed E-state index contributed by atoms with van der Waals surface area (Å²) in [5, 5.41) is 6.74. The van der Waals surface area contributed by atoms with Crippen LogP contribution in [0.3, 0.4) is 0 Å². The number of aromatic amines is 1. The first-order valence-electron chi connectivity index (χ1n) is 4.60. The lowest BCUT2D eigenvalue weighted by Crippen LogP contribution is -2.02. The van der Waals surface area contributed by atoms with Crippen LogP contribution >= 0.6 is 11.6 Å². The van der Waals surface area contributed by atoms with E-state index in [1.54, 1.807) is 24.3 Å². The lowest BCUT2D eigenvalue weighted by atomic mass is 10.1. The largest absolute Gasteiger partial charge is 0.495 e. The van der Waals surface area contributed by atoms with Crippen LogP contribution in [0.1, 0.15) is 16.1 Å². The second-order valence-corrected chi connectivity index (χ2v) is 3.56. The molecule has 1 aromatic carbocycles. The summed E-state index contributed by atoms with van der Waals surface area (Å²) in [7, 11) is 1.53. The number of hydrogen-bond donors (Lipinski definition) is 1. The van der Waals surface area contributed by atoms with Crippen molar-refractivity contribution in [3.63, 3.8) is 0 Å². The molecule has 16 heavy (non-hydrogen) atoms. The highest BCUT2D eigenvalue weighted by Crippen LogP contribution is 2.25. The summed E-state index contributed by atoms with van der Waals surface area (Å²) in [6.07, 6.45) is 1.53. The number of rotatable bonds is 3. The monoisotopic (exact) mass is 236 g/mol. The zero-order valence-electron chi connectivity index (χ0n) is 8.53. The molecule has 2 aromatic rings. The first-order chi connectivity index (χ1) is 7.72. The molecular formula is C11H9ClN2O2. The Morgan fingerprint density at radius 2 is 2.25 bits per heavy atom. The average molecular weight is 237 g/mol. The van der Waals surface area contributed by atoms with Crippen LogP contribution in [0, 0.1) is 0 Å². The van der Waals surface area contributed by atoms with Gasteiger partial charge in [-0.1, -0.05) is 11.6 Å². The molecule has 0 fully saturated rings. The lowest BCUT2D eigenvalue weighted by molar-refractivity contribution is 0.103. The summed E-state index contributed by atoms with van der Waals surface area (Å²) in [4.78, 5) is 11.9. The summed E-state index contributed by atoms with van der Waals surface area (Å²) in [6, 6.07) is 6.50. The van der Waals surface area contributed by atoms with Gasteiger partial charge in [0.15, 0.2) is 0 Å². The molecule has 0 aliphatic carbocycles. The normalized spacial score (nSPS) is 10.1. The lowest BCUT2D eigenvalue weighted by Gasteiger charge is -2.04. The van der Waals surface area contributed by atoms with E-state index in [1.807, 2.05) is 0 Å². The van der Waals surface area contributed by atoms with Crippen LogP contribution in [-0.2, 0) is 0 Å². The van der Waals surface area contributed by atoms with Gasteiger partial charge in [-0.3, -0.25) is 9.89 Å². The SMILES string of the molecule is COc1ccc(C(=O)c2ccn[nH]2)cc1Cl. The number of carbonyl (C=O) groups excluding carboxylic acids is 1. The fourth-order valence-corrected chi connectivity index (χ4v) is 1.60. The molecule has 0 bridgehead atoms. The van der Waals surface area contributed by atoms with Crippen molar-refractivity contribution in [2.45, 2.75) is 0 Å². The first-order valence-corrected chi connectivity index (χ1v) is 4.98. The molecular weight excluding hydrogens is 228 g/mol. The molecule has 0 aliphatic heterocycles. The smallest absolute Gasteiger partial charge is 0.210 e. The quantitative estimate of drug-likeness (QED) is 0.832. The Labute approximate surface area is 97.2 Å². The van der Waals surface area contributed by atoms with Crippen molar-refractivity contribution in [3.05, 3.63) is 46.7 Å². The van der Waals surface area contributed by atoms with Gasteiger partial charge in [-0.2, -0.15) is 5.10 Å². The number of methoxy groups -OCH3 is 1. The molecule has 0 radical (unpaired) electrons. The average Bonchev–Trinajstić information content (AvgIpc) is 2.81. The Hall–Kier alpha value is -1.81. The highest BCUT2D eigenvalue weighted by Gasteiger charge is 2.12. The van der Waals surface area contributed by atoms with Crippen molar-refractivity contribution in [1.82, 2.24) is 10.2 Å². The Morgan fingerprint density at radius 1 is 1.44 bits per heavy atom. The van der Waals surface area contributed by atoms with Crippen molar-refractivity contribution in [3.8, 4) is 5.75 Å². The number of benzene rings is 1. The van der Waals surface area contributed by atoms with E-state index in [9.17, 15) is 4.79 Å². The maximum atomic E-state index is 11.9. The van der Waals surface area contributed by atoms with Crippen molar-refractivity contribution in [2.24, 2.45) is 0 Å².